The minimum atomic E-state index is -0.471. The zero-order valence-corrected chi connectivity index (χ0v) is 20.2. The fourth-order valence-corrected chi connectivity index (χ4v) is 4.55. The van der Waals surface area contributed by atoms with Crippen molar-refractivity contribution in [2.75, 3.05) is 52.4 Å². The number of rotatable bonds is 6. The van der Waals surface area contributed by atoms with Crippen molar-refractivity contribution in [3.63, 3.8) is 0 Å². The number of hydrogen-bond donors (Lipinski definition) is 1. The summed E-state index contributed by atoms with van der Waals surface area (Å²) in [6, 6.07) is 6.12. The van der Waals surface area contributed by atoms with Crippen LogP contribution < -0.4 is 10.1 Å². The molecular weight excluding hydrogens is 418 g/mol. The second-order valence-electron chi connectivity index (χ2n) is 9.97. The molecule has 1 amide bonds. The van der Waals surface area contributed by atoms with Gasteiger partial charge in [-0.25, -0.2) is 14.8 Å². The molecular formula is C25H37N5O3. The Morgan fingerprint density at radius 1 is 1.12 bits per heavy atom. The van der Waals surface area contributed by atoms with Crippen LogP contribution in [-0.2, 0) is 4.74 Å². The lowest BCUT2D eigenvalue weighted by Gasteiger charge is -2.33. The van der Waals surface area contributed by atoms with Gasteiger partial charge in [0.25, 0.3) is 0 Å². The van der Waals surface area contributed by atoms with Gasteiger partial charge in [0.2, 0.25) is 0 Å². The summed E-state index contributed by atoms with van der Waals surface area (Å²) in [5.74, 6) is 1.16. The summed E-state index contributed by atoms with van der Waals surface area (Å²) in [6.07, 6.45) is 4.17. The van der Waals surface area contributed by atoms with E-state index in [0.29, 0.717) is 25.6 Å². The van der Waals surface area contributed by atoms with Crippen molar-refractivity contribution in [1.29, 1.82) is 0 Å². The van der Waals surface area contributed by atoms with Crippen LogP contribution in [0.15, 0.2) is 24.5 Å². The second kappa shape index (κ2) is 10.7. The monoisotopic (exact) mass is 455 g/mol. The van der Waals surface area contributed by atoms with Gasteiger partial charge in [-0.3, -0.25) is 0 Å². The summed E-state index contributed by atoms with van der Waals surface area (Å²) in [6.45, 7) is 13.2. The van der Waals surface area contributed by atoms with E-state index in [1.54, 1.807) is 11.2 Å². The lowest BCUT2D eigenvalue weighted by Crippen LogP contribution is -2.43. The molecule has 0 aliphatic carbocycles. The first-order valence-electron chi connectivity index (χ1n) is 12.2. The van der Waals surface area contributed by atoms with Gasteiger partial charge in [0.05, 0.1) is 17.8 Å². The van der Waals surface area contributed by atoms with Crippen LogP contribution in [0.3, 0.4) is 0 Å². The number of aromatic nitrogens is 2. The largest absolute Gasteiger partial charge is 0.493 e. The molecule has 0 radical (unpaired) electrons. The normalized spacial score (nSPS) is 18.5. The zero-order valence-electron chi connectivity index (χ0n) is 20.2. The molecule has 1 aromatic heterocycles. The second-order valence-corrected chi connectivity index (χ2v) is 9.97. The van der Waals surface area contributed by atoms with Crippen molar-refractivity contribution < 1.29 is 14.3 Å². The van der Waals surface area contributed by atoms with E-state index in [9.17, 15) is 4.79 Å². The topological polar surface area (TPSA) is 79.8 Å². The van der Waals surface area contributed by atoms with Gasteiger partial charge in [0.1, 0.15) is 17.7 Å². The van der Waals surface area contributed by atoms with Crippen molar-refractivity contribution in [3.8, 4) is 5.75 Å². The number of fused-ring (bicyclic) bond motifs is 1. The maximum Gasteiger partial charge on any atom is 0.410 e. The minimum Gasteiger partial charge on any atom is -0.493 e. The molecule has 0 atom stereocenters. The summed E-state index contributed by atoms with van der Waals surface area (Å²) in [7, 11) is 0. The van der Waals surface area contributed by atoms with Gasteiger partial charge < -0.3 is 24.6 Å². The van der Waals surface area contributed by atoms with Gasteiger partial charge in [0, 0.05) is 63.2 Å². The summed E-state index contributed by atoms with van der Waals surface area (Å²) in [4.78, 5) is 25.8. The Labute approximate surface area is 196 Å². The van der Waals surface area contributed by atoms with Gasteiger partial charge in [-0.05, 0) is 52.2 Å². The van der Waals surface area contributed by atoms with Gasteiger partial charge in [0.15, 0.2) is 0 Å². The number of nitrogens with one attached hydrogen (secondary N) is 1. The van der Waals surface area contributed by atoms with E-state index in [1.165, 1.54) is 0 Å². The van der Waals surface area contributed by atoms with Crippen molar-refractivity contribution in [2.24, 2.45) is 0 Å². The van der Waals surface area contributed by atoms with Gasteiger partial charge in [-0.2, -0.15) is 0 Å². The molecule has 1 aromatic carbocycles. The summed E-state index contributed by atoms with van der Waals surface area (Å²) >= 11 is 0. The maximum absolute atomic E-state index is 12.4. The molecule has 2 saturated heterocycles. The Morgan fingerprint density at radius 3 is 2.61 bits per heavy atom. The molecule has 8 nitrogen and oxygen atoms in total. The van der Waals surface area contributed by atoms with E-state index < -0.39 is 5.60 Å². The SMILES string of the molecule is CC(C)(C)OC(=O)N1CCC(c2ncnc3cc(OCCCN4CCNCC4)ccc23)CC1. The van der Waals surface area contributed by atoms with Crippen LogP contribution in [0.4, 0.5) is 4.79 Å². The molecule has 0 unspecified atom stereocenters. The summed E-state index contributed by atoms with van der Waals surface area (Å²) < 4.78 is 11.5. The third-order valence-corrected chi connectivity index (χ3v) is 6.27. The van der Waals surface area contributed by atoms with E-state index >= 15 is 0 Å². The maximum atomic E-state index is 12.4. The van der Waals surface area contributed by atoms with Crippen molar-refractivity contribution in [1.82, 2.24) is 25.1 Å². The van der Waals surface area contributed by atoms with Crippen LogP contribution in [-0.4, -0.2) is 83.9 Å². The summed E-state index contributed by atoms with van der Waals surface area (Å²) in [5.41, 5.74) is 1.50. The molecule has 8 heteroatoms. The predicted octanol–water partition coefficient (Wildman–Crippen LogP) is 3.42. The average molecular weight is 456 g/mol. The Balaban J connectivity index is 1.32. The van der Waals surface area contributed by atoms with Gasteiger partial charge in [-0.1, -0.05) is 0 Å². The highest BCUT2D eigenvalue weighted by Gasteiger charge is 2.28. The molecule has 2 fully saturated rings. The summed E-state index contributed by atoms with van der Waals surface area (Å²) in [5, 5.41) is 4.45. The Hall–Kier alpha value is -2.45. The fraction of sp³-hybridized carbons (Fsp3) is 0.640. The molecule has 4 rings (SSSR count). The first-order valence-corrected chi connectivity index (χ1v) is 12.2. The molecule has 0 bridgehead atoms. The molecule has 0 saturated carbocycles. The molecule has 180 valence electrons. The van der Waals surface area contributed by atoms with Gasteiger partial charge >= 0.3 is 6.09 Å². The number of amides is 1. The number of ether oxygens (including phenoxy) is 2. The Morgan fingerprint density at radius 2 is 1.88 bits per heavy atom. The number of piperidine rings is 1. The number of likely N-dealkylation sites (tertiary alicyclic amines) is 1. The molecule has 3 heterocycles. The fourth-order valence-electron chi connectivity index (χ4n) is 4.55. The third kappa shape index (κ3) is 6.54. The molecule has 2 aliphatic rings. The standard InChI is InChI=1S/C25H37N5O3/c1-25(2,3)33-24(31)30-12-7-19(8-13-30)23-21-6-5-20(17-22(21)27-18-28-23)32-16-4-11-29-14-9-26-10-15-29/h5-6,17-19,26H,4,7-16H2,1-3H3. The van der Waals surface area contributed by atoms with Crippen molar-refractivity contribution in [3.05, 3.63) is 30.2 Å². The number of nitrogens with zero attached hydrogens (tertiary/aromatic N) is 4. The molecule has 33 heavy (non-hydrogen) atoms. The molecule has 1 N–H and O–H groups in total. The molecule has 2 aromatic rings. The van der Waals surface area contributed by atoms with Gasteiger partial charge in [-0.15, -0.1) is 0 Å². The van der Waals surface area contributed by atoms with Crippen LogP contribution in [0, 0.1) is 0 Å². The highest BCUT2D eigenvalue weighted by molar-refractivity contribution is 5.82. The van der Waals surface area contributed by atoms with Crippen LogP contribution >= 0.6 is 0 Å². The van der Waals surface area contributed by atoms with E-state index in [-0.39, 0.29) is 6.09 Å². The first-order chi connectivity index (χ1) is 15.9. The highest BCUT2D eigenvalue weighted by atomic mass is 16.6. The Kier molecular flexibility index (Phi) is 7.65. The molecule has 0 spiro atoms. The number of benzene rings is 1. The lowest BCUT2D eigenvalue weighted by molar-refractivity contribution is 0.0204. The molecule has 2 aliphatic heterocycles. The lowest BCUT2D eigenvalue weighted by atomic mass is 9.91. The minimum absolute atomic E-state index is 0.229. The van der Waals surface area contributed by atoms with E-state index in [4.69, 9.17) is 9.47 Å². The first kappa shape index (κ1) is 23.7. The van der Waals surface area contributed by atoms with Crippen LogP contribution in [0.25, 0.3) is 10.9 Å². The highest BCUT2D eigenvalue weighted by Crippen LogP contribution is 2.32. The zero-order chi connectivity index (χ0) is 23.3. The van der Waals surface area contributed by atoms with Crippen LogP contribution in [0.2, 0.25) is 0 Å². The van der Waals surface area contributed by atoms with Crippen molar-refractivity contribution >= 4 is 17.0 Å². The van der Waals surface area contributed by atoms with Crippen LogP contribution in [0.1, 0.15) is 51.6 Å². The number of hydrogen-bond acceptors (Lipinski definition) is 7. The van der Waals surface area contributed by atoms with E-state index in [0.717, 1.165) is 74.3 Å². The third-order valence-electron chi connectivity index (χ3n) is 6.27. The number of carbonyl (C=O) groups excluding carboxylic acids is 1. The number of piperazine rings is 1. The van der Waals surface area contributed by atoms with Crippen LogP contribution in [0.5, 0.6) is 5.75 Å². The quantitative estimate of drug-likeness (QED) is 0.669. The predicted molar refractivity (Wildman–Crippen MR) is 129 cm³/mol. The number of carbonyl (C=O) groups is 1. The average Bonchev–Trinajstić information content (AvgIpc) is 2.81. The Bertz CT molecular complexity index is 931. The smallest absolute Gasteiger partial charge is 0.410 e. The van der Waals surface area contributed by atoms with E-state index in [2.05, 4.69) is 26.3 Å². The van der Waals surface area contributed by atoms with E-state index in [1.807, 2.05) is 32.9 Å². The van der Waals surface area contributed by atoms with Crippen molar-refractivity contribution in [2.45, 2.75) is 51.6 Å².